The van der Waals surface area contributed by atoms with Crippen molar-refractivity contribution in [3.05, 3.63) is 47.5 Å². The molecule has 0 saturated carbocycles. The highest BCUT2D eigenvalue weighted by molar-refractivity contribution is 5.44. The molecule has 0 N–H and O–H groups in total. The van der Waals surface area contributed by atoms with Crippen LogP contribution < -0.4 is 9.47 Å². The number of methoxy groups -OCH3 is 1. The second-order valence-electron chi connectivity index (χ2n) is 10.1. The first-order valence-corrected chi connectivity index (χ1v) is 11.4. The highest BCUT2D eigenvalue weighted by Crippen LogP contribution is 2.55. The number of aryl methyl sites for hydroxylation is 1. The Kier molecular flexibility index (Phi) is 5.18. The first-order chi connectivity index (χ1) is 14.9. The van der Waals surface area contributed by atoms with Crippen LogP contribution in [0.1, 0.15) is 56.2 Å². The van der Waals surface area contributed by atoms with E-state index in [1.165, 1.54) is 5.56 Å². The van der Waals surface area contributed by atoms with Gasteiger partial charge in [-0.25, -0.2) is 9.97 Å². The summed E-state index contributed by atoms with van der Waals surface area (Å²) in [5.74, 6) is 2.95. The third-order valence-electron chi connectivity index (χ3n) is 7.53. The number of likely N-dealkylation sites (tertiary alicyclic amines) is 1. The average Bonchev–Trinajstić information content (AvgIpc) is 2.77. The van der Waals surface area contributed by atoms with E-state index in [9.17, 15) is 0 Å². The molecule has 0 bridgehead atoms. The predicted octanol–water partition coefficient (Wildman–Crippen LogP) is 4.32. The number of fused-ring (bicyclic) bond motifs is 3. The van der Waals surface area contributed by atoms with Gasteiger partial charge in [-0.3, -0.25) is 4.90 Å². The van der Waals surface area contributed by atoms with Crippen molar-refractivity contribution in [1.82, 2.24) is 14.9 Å². The topological polar surface area (TPSA) is 56.7 Å². The van der Waals surface area contributed by atoms with Gasteiger partial charge in [-0.05, 0) is 76.7 Å². The Morgan fingerprint density at radius 2 is 1.90 bits per heavy atom. The number of ether oxygens (including phenoxy) is 3. The van der Waals surface area contributed by atoms with Crippen LogP contribution in [-0.4, -0.2) is 47.3 Å². The van der Waals surface area contributed by atoms with Gasteiger partial charge in [-0.15, -0.1) is 0 Å². The van der Waals surface area contributed by atoms with E-state index >= 15 is 0 Å². The molecule has 2 saturated heterocycles. The largest absolute Gasteiger partial charge is 0.497 e. The molecule has 0 radical (unpaired) electrons. The molecule has 6 nitrogen and oxygen atoms in total. The zero-order valence-corrected chi connectivity index (χ0v) is 19.1. The maximum atomic E-state index is 6.63. The van der Waals surface area contributed by atoms with Gasteiger partial charge < -0.3 is 14.2 Å². The molecule has 31 heavy (non-hydrogen) atoms. The molecule has 3 aliphatic rings. The van der Waals surface area contributed by atoms with Crippen LogP contribution >= 0.6 is 0 Å². The van der Waals surface area contributed by atoms with E-state index in [4.69, 9.17) is 14.2 Å². The fourth-order valence-electron chi connectivity index (χ4n) is 5.55. The highest BCUT2D eigenvalue weighted by Gasteiger charge is 2.52. The third-order valence-corrected chi connectivity index (χ3v) is 7.53. The number of benzene rings is 1. The molecule has 2 aromatic rings. The van der Waals surface area contributed by atoms with Crippen LogP contribution in [0.4, 0.5) is 0 Å². The van der Waals surface area contributed by atoms with E-state index in [1.807, 2.05) is 31.5 Å². The molecule has 0 aliphatic carbocycles. The summed E-state index contributed by atoms with van der Waals surface area (Å²) in [5.41, 5.74) is 2.30. The average molecular weight is 424 g/mol. The van der Waals surface area contributed by atoms with Gasteiger partial charge in [0.1, 0.15) is 22.9 Å². The molecule has 6 heteroatoms. The maximum Gasteiger partial charge on any atom is 0.126 e. The van der Waals surface area contributed by atoms with E-state index in [-0.39, 0.29) is 17.1 Å². The van der Waals surface area contributed by atoms with Crippen molar-refractivity contribution in [3.8, 4) is 11.5 Å². The van der Waals surface area contributed by atoms with Gasteiger partial charge in [0.05, 0.1) is 19.8 Å². The third kappa shape index (κ3) is 3.92. The second-order valence-corrected chi connectivity index (χ2v) is 10.1. The highest BCUT2D eigenvalue weighted by atomic mass is 16.5. The van der Waals surface area contributed by atoms with Crippen molar-refractivity contribution in [2.75, 3.05) is 26.8 Å². The van der Waals surface area contributed by atoms with E-state index in [2.05, 4.69) is 34.8 Å². The minimum absolute atomic E-state index is 0.0715. The molecule has 5 rings (SSSR count). The lowest BCUT2D eigenvalue weighted by atomic mass is 9.64. The number of rotatable bonds is 3. The summed E-state index contributed by atoms with van der Waals surface area (Å²) in [4.78, 5) is 11.2. The number of aromatic nitrogens is 2. The summed E-state index contributed by atoms with van der Waals surface area (Å²) in [6.07, 6.45) is 7.43. The molecule has 2 atom stereocenters. The number of hydrogen-bond donors (Lipinski definition) is 0. The quantitative estimate of drug-likeness (QED) is 0.733. The number of hydrogen-bond acceptors (Lipinski definition) is 6. The predicted molar refractivity (Wildman–Crippen MR) is 118 cm³/mol. The van der Waals surface area contributed by atoms with Crippen molar-refractivity contribution in [2.45, 2.75) is 58.3 Å². The minimum atomic E-state index is -0.254. The fourth-order valence-corrected chi connectivity index (χ4v) is 5.55. The molecule has 0 unspecified atom stereocenters. The molecule has 2 fully saturated rings. The van der Waals surface area contributed by atoms with Crippen LogP contribution in [0, 0.1) is 18.3 Å². The van der Waals surface area contributed by atoms with E-state index < -0.39 is 0 Å². The number of nitrogens with zero attached hydrogens (tertiary/aromatic N) is 3. The van der Waals surface area contributed by atoms with Crippen LogP contribution in [0.5, 0.6) is 11.5 Å². The van der Waals surface area contributed by atoms with E-state index in [0.717, 1.165) is 68.4 Å². The van der Waals surface area contributed by atoms with E-state index in [0.29, 0.717) is 5.92 Å². The molecule has 1 aromatic carbocycles. The van der Waals surface area contributed by atoms with Crippen LogP contribution in [0.3, 0.4) is 0 Å². The van der Waals surface area contributed by atoms with Crippen LogP contribution in [0.25, 0.3) is 0 Å². The fraction of sp³-hybridized carbons (Fsp3) is 0.600. The molecule has 4 heterocycles. The zero-order chi connectivity index (χ0) is 21.6. The summed E-state index contributed by atoms with van der Waals surface area (Å²) >= 11 is 0. The Balaban J connectivity index is 1.29. The first kappa shape index (κ1) is 20.7. The van der Waals surface area contributed by atoms with Crippen molar-refractivity contribution < 1.29 is 14.2 Å². The Morgan fingerprint density at radius 3 is 2.61 bits per heavy atom. The van der Waals surface area contributed by atoms with Gasteiger partial charge in [0.15, 0.2) is 0 Å². The Bertz CT molecular complexity index is 936. The summed E-state index contributed by atoms with van der Waals surface area (Å²) in [6, 6.07) is 6.08. The van der Waals surface area contributed by atoms with Crippen LogP contribution in [0.15, 0.2) is 30.6 Å². The van der Waals surface area contributed by atoms with Crippen LogP contribution in [0.2, 0.25) is 0 Å². The lowest BCUT2D eigenvalue weighted by Gasteiger charge is -2.54. The standard InChI is InChI=1S/C25H33N3O3/c1-17-26-13-18(14-27-17)15-28-9-7-25(8-10-28)12-21-23(30-16-25)20-11-19(29-4)5-6-22(20)31-24(21,2)3/h5-6,11,13-14,21,23H,7-10,12,15-16H2,1-4H3/t21-,23+/m0/s1. The van der Waals surface area contributed by atoms with E-state index in [1.54, 1.807) is 7.11 Å². The summed E-state index contributed by atoms with van der Waals surface area (Å²) < 4.78 is 18.6. The van der Waals surface area contributed by atoms with Gasteiger partial charge in [0, 0.05) is 36.0 Å². The lowest BCUT2D eigenvalue weighted by molar-refractivity contribution is -0.174. The lowest BCUT2D eigenvalue weighted by Crippen LogP contribution is -2.54. The molecule has 0 amide bonds. The monoisotopic (exact) mass is 423 g/mol. The van der Waals surface area contributed by atoms with Crippen LogP contribution in [-0.2, 0) is 11.3 Å². The normalized spacial score (nSPS) is 26.6. The molecule has 3 aliphatic heterocycles. The SMILES string of the molecule is COc1ccc2c(c1)[C@H]1OCC3(CCN(Cc4cnc(C)nc4)CC3)C[C@@H]1C(C)(C)O2. The molecular formula is C25H33N3O3. The molecule has 1 aromatic heterocycles. The maximum absolute atomic E-state index is 6.63. The van der Waals surface area contributed by atoms with Gasteiger partial charge in [-0.1, -0.05) is 0 Å². The second kappa shape index (κ2) is 7.75. The van der Waals surface area contributed by atoms with Gasteiger partial charge in [-0.2, -0.15) is 0 Å². The summed E-state index contributed by atoms with van der Waals surface area (Å²) in [6.45, 7) is 10.3. The zero-order valence-electron chi connectivity index (χ0n) is 19.1. The van der Waals surface area contributed by atoms with Crippen molar-refractivity contribution >= 4 is 0 Å². The Morgan fingerprint density at radius 1 is 1.16 bits per heavy atom. The Hall–Kier alpha value is -2.18. The van der Waals surface area contributed by atoms with Crippen molar-refractivity contribution in [1.29, 1.82) is 0 Å². The minimum Gasteiger partial charge on any atom is -0.497 e. The summed E-state index contributed by atoms with van der Waals surface area (Å²) in [5, 5.41) is 0. The smallest absolute Gasteiger partial charge is 0.126 e. The van der Waals surface area contributed by atoms with Crippen molar-refractivity contribution in [2.24, 2.45) is 11.3 Å². The number of piperidine rings is 1. The van der Waals surface area contributed by atoms with Gasteiger partial charge in [0.25, 0.3) is 0 Å². The van der Waals surface area contributed by atoms with Crippen molar-refractivity contribution in [3.63, 3.8) is 0 Å². The summed E-state index contributed by atoms with van der Waals surface area (Å²) in [7, 11) is 1.71. The molecule has 1 spiro atoms. The molecular weight excluding hydrogens is 390 g/mol. The van der Waals surface area contributed by atoms with Gasteiger partial charge in [0.2, 0.25) is 0 Å². The first-order valence-electron chi connectivity index (χ1n) is 11.4. The van der Waals surface area contributed by atoms with Gasteiger partial charge >= 0.3 is 0 Å². The Labute approximate surface area is 184 Å². The molecule has 166 valence electrons.